The second-order valence-electron chi connectivity index (χ2n) is 3.71. The van der Waals surface area contributed by atoms with Gasteiger partial charge in [0.05, 0.1) is 12.9 Å². The Bertz CT molecular complexity index is 363. The quantitative estimate of drug-likeness (QED) is 0.537. The summed E-state index contributed by atoms with van der Waals surface area (Å²) < 4.78 is 29.6. The third-order valence-corrected chi connectivity index (χ3v) is 4.42. The first-order valence-electron chi connectivity index (χ1n) is 5.21. The van der Waals surface area contributed by atoms with E-state index in [9.17, 15) is 13.2 Å². The molecule has 0 spiro atoms. The number of hydrogen-bond acceptors (Lipinski definition) is 4. The monoisotopic (exact) mass is 247 g/mol. The Labute approximate surface area is 96.1 Å². The topological polar surface area (TPSA) is 63.7 Å². The van der Waals surface area contributed by atoms with E-state index in [1.54, 1.807) is 0 Å². The highest BCUT2D eigenvalue weighted by Gasteiger charge is 2.36. The number of methoxy groups -OCH3 is 1. The number of nitrogens with zero attached hydrogens (tertiary/aromatic N) is 1. The maximum atomic E-state index is 11.9. The third-order valence-electron chi connectivity index (χ3n) is 2.61. The van der Waals surface area contributed by atoms with Gasteiger partial charge in [0.15, 0.2) is 0 Å². The number of sulfonamides is 1. The molecule has 0 aromatic carbocycles. The Morgan fingerprint density at radius 2 is 2.25 bits per heavy atom. The van der Waals surface area contributed by atoms with Gasteiger partial charge in [0.1, 0.15) is 6.04 Å². The largest absolute Gasteiger partial charge is 0.468 e. The molecule has 0 amide bonds. The molecule has 1 aliphatic rings. The Balaban J connectivity index is 2.90. The zero-order valence-corrected chi connectivity index (χ0v) is 10.2. The van der Waals surface area contributed by atoms with Gasteiger partial charge in [-0.2, -0.15) is 4.31 Å². The van der Waals surface area contributed by atoms with Gasteiger partial charge in [-0.3, -0.25) is 4.79 Å². The Morgan fingerprint density at radius 1 is 1.56 bits per heavy atom. The molecule has 1 rings (SSSR count). The van der Waals surface area contributed by atoms with Crippen LogP contribution in [-0.2, 0) is 19.6 Å². The van der Waals surface area contributed by atoms with Crippen molar-refractivity contribution < 1.29 is 17.9 Å². The Hall–Kier alpha value is -0.880. The number of carbonyl (C=O) groups excluding carboxylic acids is 1. The van der Waals surface area contributed by atoms with Crippen LogP contribution in [0.15, 0.2) is 12.7 Å². The lowest BCUT2D eigenvalue weighted by atomic mass is 10.1. The molecule has 6 heteroatoms. The van der Waals surface area contributed by atoms with E-state index in [1.165, 1.54) is 17.5 Å². The van der Waals surface area contributed by atoms with Crippen molar-refractivity contribution in [2.24, 2.45) is 0 Å². The molecule has 92 valence electrons. The van der Waals surface area contributed by atoms with E-state index < -0.39 is 22.0 Å². The SMILES string of the molecule is C=CCS(=O)(=O)N1CCCC[C@@H]1C(=O)OC. The lowest BCUT2D eigenvalue weighted by molar-refractivity contribution is -0.146. The van der Waals surface area contributed by atoms with Crippen LogP contribution >= 0.6 is 0 Å². The summed E-state index contributed by atoms with van der Waals surface area (Å²) >= 11 is 0. The van der Waals surface area contributed by atoms with E-state index in [2.05, 4.69) is 11.3 Å². The average Bonchev–Trinajstić information content (AvgIpc) is 2.28. The molecule has 0 N–H and O–H groups in total. The summed E-state index contributed by atoms with van der Waals surface area (Å²) in [6.45, 7) is 3.79. The van der Waals surface area contributed by atoms with Gasteiger partial charge in [-0.25, -0.2) is 8.42 Å². The summed E-state index contributed by atoms with van der Waals surface area (Å²) in [5.41, 5.74) is 0. The number of rotatable bonds is 4. The molecule has 0 radical (unpaired) electrons. The molecular formula is C10H17NO4S. The molecule has 1 heterocycles. The van der Waals surface area contributed by atoms with Crippen molar-refractivity contribution in [2.75, 3.05) is 19.4 Å². The van der Waals surface area contributed by atoms with Gasteiger partial charge in [0.25, 0.3) is 0 Å². The number of piperidine rings is 1. The Morgan fingerprint density at radius 3 is 2.81 bits per heavy atom. The van der Waals surface area contributed by atoms with E-state index in [4.69, 9.17) is 0 Å². The number of esters is 1. The molecule has 1 atom stereocenters. The minimum Gasteiger partial charge on any atom is -0.468 e. The maximum Gasteiger partial charge on any atom is 0.324 e. The Kier molecular flexibility index (Phi) is 4.49. The van der Waals surface area contributed by atoms with Gasteiger partial charge < -0.3 is 4.74 Å². The molecule has 1 fully saturated rings. The van der Waals surface area contributed by atoms with Crippen LogP contribution in [0.5, 0.6) is 0 Å². The van der Waals surface area contributed by atoms with E-state index >= 15 is 0 Å². The molecule has 0 aromatic rings. The predicted molar refractivity (Wildman–Crippen MR) is 60.3 cm³/mol. The van der Waals surface area contributed by atoms with Crippen LogP contribution in [0.4, 0.5) is 0 Å². The van der Waals surface area contributed by atoms with Gasteiger partial charge in [-0.1, -0.05) is 6.08 Å². The fourth-order valence-electron chi connectivity index (χ4n) is 1.85. The van der Waals surface area contributed by atoms with Gasteiger partial charge in [-0.15, -0.1) is 6.58 Å². The van der Waals surface area contributed by atoms with Crippen LogP contribution in [0.1, 0.15) is 19.3 Å². The lowest BCUT2D eigenvalue weighted by Gasteiger charge is -2.32. The summed E-state index contributed by atoms with van der Waals surface area (Å²) in [7, 11) is -2.15. The van der Waals surface area contributed by atoms with Crippen LogP contribution in [0.25, 0.3) is 0 Å². The smallest absolute Gasteiger partial charge is 0.324 e. The zero-order valence-electron chi connectivity index (χ0n) is 9.39. The third kappa shape index (κ3) is 2.82. The fourth-order valence-corrected chi connectivity index (χ4v) is 3.33. The van der Waals surface area contributed by atoms with Gasteiger partial charge in [0, 0.05) is 6.54 Å². The molecule has 0 saturated carbocycles. The first-order chi connectivity index (χ1) is 7.53. The van der Waals surface area contributed by atoms with E-state index in [1.807, 2.05) is 0 Å². The highest BCUT2D eigenvalue weighted by molar-refractivity contribution is 7.89. The molecule has 5 nitrogen and oxygen atoms in total. The van der Waals surface area contributed by atoms with Crippen molar-refractivity contribution in [1.82, 2.24) is 4.31 Å². The second-order valence-corrected chi connectivity index (χ2v) is 5.68. The van der Waals surface area contributed by atoms with Gasteiger partial charge >= 0.3 is 5.97 Å². The highest BCUT2D eigenvalue weighted by atomic mass is 32.2. The minimum atomic E-state index is -3.42. The van der Waals surface area contributed by atoms with Crippen molar-refractivity contribution in [3.63, 3.8) is 0 Å². The standard InChI is InChI=1S/C10H17NO4S/c1-3-8-16(13,14)11-7-5-4-6-9(11)10(12)15-2/h3,9H,1,4-8H2,2H3/t9-/m1/s1. The van der Waals surface area contributed by atoms with Crippen LogP contribution in [-0.4, -0.2) is 44.1 Å². The van der Waals surface area contributed by atoms with Crippen molar-refractivity contribution in [2.45, 2.75) is 25.3 Å². The lowest BCUT2D eigenvalue weighted by Crippen LogP contribution is -2.48. The molecule has 0 bridgehead atoms. The molecule has 0 aliphatic carbocycles. The number of carbonyl (C=O) groups is 1. The van der Waals surface area contributed by atoms with Crippen molar-refractivity contribution in [3.8, 4) is 0 Å². The maximum absolute atomic E-state index is 11.9. The average molecular weight is 247 g/mol. The van der Waals surface area contributed by atoms with E-state index in [0.29, 0.717) is 13.0 Å². The molecule has 1 saturated heterocycles. The summed E-state index contributed by atoms with van der Waals surface area (Å²) in [5, 5.41) is 0. The van der Waals surface area contributed by atoms with Crippen LogP contribution in [0, 0.1) is 0 Å². The van der Waals surface area contributed by atoms with Crippen molar-refractivity contribution >= 4 is 16.0 Å². The van der Waals surface area contributed by atoms with E-state index in [-0.39, 0.29) is 5.75 Å². The fraction of sp³-hybridized carbons (Fsp3) is 0.700. The molecule has 1 aliphatic heterocycles. The van der Waals surface area contributed by atoms with E-state index in [0.717, 1.165) is 12.8 Å². The van der Waals surface area contributed by atoms with Crippen LogP contribution in [0.2, 0.25) is 0 Å². The summed E-state index contributed by atoms with van der Waals surface area (Å²) in [6.07, 6.45) is 3.49. The predicted octanol–water partition coefficient (Wildman–Crippen LogP) is 0.530. The van der Waals surface area contributed by atoms with Crippen LogP contribution < -0.4 is 0 Å². The summed E-state index contributed by atoms with van der Waals surface area (Å²) in [5.74, 6) is -0.618. The van der Waals surface area contributed by atoms with Gasteiger partial charge in [-0.05, 0) is 19.3 Å². The molecule has 0 aromatic heterocycles. The normalized spacial score (nSPS) is 22.7. The van der Waals surface area contributed by atoms with Crippen molar-refractivity contribution in [1.29, 1.82) is 0 Å². The second kappa shape index (κ2) is 5.45. The van der Waals surface area contributed by atoms with Crippen molar-refractivity contribution in [3.05, 3.63) is 12.7 Å². The molecule has 0 unspecified atom stereocenters. The number of hydrogen-bond donors (Lipinski definition) is 0. The summed E-state index contributed by atoms with van der Waals surface area (Å²) in [6, 6.07) is -0.663. The first kappa shape index (κ1) is 13.2. The highest BCUT2D eigenvalue weighted by Crippen LogP contribution is 2.21. The van der Waals surface area contributed by atoms with Gasteiger partial charge in [0.2, 0.25) is 10.0 Å². The molecular weight excluding hydrogens is 230 g/mol. The summed E-state index contributed by atoms with van der Waals surface area (Å²) in [4.78, 5) is 11.5. The zero-order chi connectivity index (χ0) is 12.2. The minimum absolute atomic E-state index is 0.138. The first-order valence-corrected chi connectivity index (χ1v) is 6.82. The number of ether oxygens (including phenoxy) is 1. The molecule has 16 heavy (non-hydrogen) atoms. The van der Waals surface area contributed by atoms with Crippen LogP contribution in [0.3, 0.4) is 0 Å².